The molecule has 0 spiro atoms. The number of sulfonamides is 1. The Labute approximate surface area is 116 Å². The fourth-order valence-electron chi connectivity index (χ4n) is 1.85. The lowest BCUT2D eigenvalue weighted by atomic mass is 10.5. The average molecular weight is 300 g/mol. The van der Waals surface area contributed by atoms with E-state index in [-0.39, 0.29) is 4.90 Å². The van der Waals surface area contributed by atoms with Gasteiger partial charge in [0.05, 0.1) is 4.90 Å². The highest BCUT2D eigenvalue weighted by Gasteiger charge is 2.22. The zero-order chi connectivity index (χ0) is 14.0. The molecule has 0 fully saturated rings. The van der Waals surface area contributed by atoms with Gasteiger partial charge < -0.3 is 0 Å². The Morgan fingerprint density at radius 2 is 1.95 bits per heavy atom. The summed E-state index contributed by atoms with van der Waals surface area (Å²) >= 11 is 1.43. The smallest absolute Gasteiger partial charge is 0.244 e. The molecule has 2 heterocycles. The van der Waals surface area contributed by atoms with Crippen LogP contribution in [0.3, 0.4) is 0 Å². The number of fused-ring (bicyclic) bond motifs is 1. The Kier molecular flexibility index (Phi) is 4.12. The molecule has 0 saturated heterocycles. The number of aromatic nitrogens is 3. The van der Waals surface area contributed by atoms with E-state index in [1.54, 1.807) is 22.7 Å². The maximum atomic E-state index is 12.4. The molecule has 0 atom stereocenters. The summed E-state index contributed by atoms with van der Waals surface area (Å²) in [5, 5.41) is 8.64. The molecular formula is C11H16N4O2S2. The summed E-state index contributed by atoms with van der Waals surface area (Å²) in [6, 6.07) is 3.24. The lowest BCUT2D eigenvalue weighted by molar-refractivity contribution is 0.445. The van der Waals surface area contributed by atoms with Crippen LogP contribution in [0, 0.1) is 0 Å². The van der Waals surface area contributed by atoms with Crippen molar-refractivity contribution in [2.45, 2.75) is 23.9 Å². The fourth-order valence-corrected chi connectivity index (χ4v) is 3.78. The van der Waals surface area contributed by atoms with Crippen molar-refractivity contribution >= 4 is 27.4 Å². The topological polar surface area (TPSA) is 67.6 Å². The molecule has 0 amide bonds. The molecule has 0 saturated carbocycles. The number of hydrogen-bond acceptors (Lipinski definition) is 5. The summed E-state index contributed by atoms with van der Waals surface area (Å²) in [6.45, 7) is 4.56. The first-order chi connectivity index (χ1) is 9.04. The molecule has 0 aliphatic carbocycles. The van der Waals surface area contributed by atoms with Gasteiger partial charge in [0.2, 0.25) is 10.0 Å². The first-order valence-electron chi connectivity index (χ1n) is 5.93. The van der Waals surface area contributed by atoms with Crippen LogP contribution in [0.25, 0.3) is 5.65 Å². The maximum Gasteiger partial charge on any atom is 0.244 e. The third-order valence-corrected chi connectivity index (χ3v) is 5.55. The molecule has 6 nitrogen and oxygen atoms in total. The van der Waals surface area contributed by atoms with Crippen LogP contribution in [0.5, 0.6) is 0 Å². The standard InChI is InChI=1S/C11H16N4O2S2/c1-4-14(5-2)19(16,17)9-6-7-10-12-13-11(18-3)15(10)8-9/h6-8H,4-5H2,1-3H3. The van der Waals surface area contributed by atoms with Gasteiger partial charge in [-0.2, -0.15) is 4.31 Å². The Morgan fingerprint density at radius 1 is 1.26 bits per heavy atom. The minimum atomic E-state index is -3.45. The van der Waals surface area contributed by atoms with Crippen molar-refractivity contribution in [1.82, 2.24) is 18.9 Å². The van der Waals surface area contributed by atoms with E-state index < -0.39 is 10.0 Å². The van der Waals surface area contributed by atoms with Crippen molar-refractivity contribution in [2.24, 2.45) is 0 Å². The SMILES string of the molecule is CCN(CC)S(=O)(=O)c1ccc2nnc(SC)n2c1. The van der Waals surface area contributed by atoms with E-state index in [0.29, 0.717) is 23.9 Å². The summed E-state index contributed by atoms with van der Waals surface area (Å²) in [5.41, 5.74) is 0.642. The molecule has 8 heteroatoms. The zero-order valence-corrected chi connectivity index (χ0v) is 12.7. The lowest BCUT2D eigenvalue weighted by Crippen LogP contribution is -2.30. The molecule has 0 bridgehead atoms. The van der Waals surface area contributed by atoms with Crippen molar-refractivity contribution in [2.75, 3.05) is 19.3 Å². The van der Waals surface area contributed by atoms with E-state index in [2.05, 4.69) is 10.2 Å². The van der Waals surface area contributed by atoms with E-state index in [1.165, 1.54) is 16.1 Å². The van der Waals surface area contributed by atoms with Crippen molar-refractivity contribution < 1.29 is 8.42 Å². The Balaban J connectivity index is 2.56. The van der Waals surface area contributed by atoms with Crippen LogP contribution >= 0.6 is 11.8 Å². The van der Waals surface area contributed by atoms with Gasteiger partial charge in [0.1, 0.15) is 0 Å². The monoisotopic (exact) mass is 300 g/mol. The number of thioether (sulfide) groups is 1. The number of hydrogen-bond donors (Lipinski definition) is 0. The predicted octanol–water partition coefficient (Wildman–Crippen LogP) is 1.48. The molecule has 19 heavy (non-hydrogen) atoms. The lowest BCUT2D eigenvalue weighted by Gasteiger charge is -2.18. The second-order valence-electron chi connectivity index (χ2n) is 3.87. The van der Waals surface area contributed by atoms with Gasteiger partial charge in [-0.05, 0) is 18.4 Å². The maximum absolute atomic E-state index is 12.4. The second-order valence-corrected chi connectivity index (χ2v) is 6.58. The molecule has 2 aromatic rings. The molecule has 2 aromatic heterocycles. The van der Waals surface area contributed by atoms with Gasteiger partial charge in [-0.15, -0.1) is 10.2 Å². The Morgan fingerprint density at radius 3 is 2.53 bits per heavy atom. The van der Waals surface area contributed by atoms with Gasteiger partial charge in [-0.1, -0.05) is 25.6 Å². The van der Waals surface area contributed by atoms with Crippen molar-refractivity contribution in [1.29, 1.82) is 0 Å². The molecule has 0 aromatic carbocycles. The molecule has 0 N–H and O–H groups in total. The Hall–Kier alpha value is -1.12. The van der Waals surface area contributed by atoms with E-state index in [9.17, 15) is 8.42 Å². The molecular weight excluding hydrogens is 284 g/mol. The van der Waals surface area contributed by atoms with Crippen molar-refractivity contribution in [3.8, 4) is 0 Å². The van der Waals surface area contributed by atoms with Crippen LogP contribution in [0.4, 0.5) is 0 Å². The first-order valence-corrected chi connectivity index (χ1v) is 8.60. The van der Waals surface area contributed by atoms with Crippen LogP contribution < -0.4 is 0 Å². The normalized spacial score (nSPS) is 12.4. The highest BCUT2D eigenvalue weighted by molar-refractivity contribution is 7.98. The van der Waals surface area contributed by atoms with Crippen LogP contribution in [0.1, 0.15) is 13.8 Å². The third kappa shape index (κ3) is 2.47. The van der Waals surface area contributed by atoms with Gasteiger partial charge in [0.15, 0.2) is 10.8 Å². The number of rotatable bonds is 5. The van der Waals surface area contributed by atoms with E-state index in [1.807, 2.05) is 20.1 Å². The molecule has 0 aliphatic rings. The van der Waals surface area contributed by atoms with E-state index >= 15 is 0 Å². The first kappa shape index (κ1) is 14.3. The van der Waals surface area contributed by atoms with Gasteiger partial charge in [-0.3, -0.25) is 4.40 Å². The molecule has 0 radical (unpaired) electrons. The second kappa shape index (κ2) is 5.48. The van der Waals surface area contributed by atoms with Crippen LogP contribution in [0.2, 0.25) is 0 Å². The zero-order valence-electron chi connectivity index (χ0n) is 11.1. The molecule has 2 rings (SSSR count). The fraction of sp³-hybridized carbons (Fsp3) is 0.455. The van der Waals surface area contributed by atoms with Crippen molar-refractivity contribution in [3.63, 3.8) is 0 Å². The summed E-state index contributed by atoms with van der Waals surface area (Å²) in [6.07, 6.45) is 3.46. The largest absolute Gasteiger partial charge is 0.276 e. The summed E-state index contributed by atoms with van der Waals surface area (Å²) in [4.78, 5) is 0.263. The van der Waals surface area contributed by atoms with Crippen molar-refractivity contribution in [3.05, 3.63) is 18.3 Å². The van der Waals surface area contributed by atoms with Crippen LogP contribution in [-0.2, 0) is 10.0 Å². The average Bonchev–Trinajstić information content (AvgIpc) is 2.81. The van der Waals surface area contributed by atoms with Gasteiger partial charge >= 0.3 is 0 Å². The van der Waals surface area contributed by atoms with E-state index in [4.69, 9.17) is 0 Å². The number of nitrogens with zero attached hydrogens (tertiary/aromatic N) is 4. The highest BCUT2D eigenvalue weighted by Crippen LogP contribution is 2.19. The molecule has 0 unspecified atom stereocenters. The summed E-state index contributed by atoms with van der Waals surface area (Å²) in [7, 11) is -3.45. The predicted molar refractivity (Wildman–Crippen MR) is 74.9 cm³/mol. The van der Waals surface area contributed by atoms with Gasteiger partial charge in [-0.25, -0.2) is 8.42 Å². The summed E-state index contributed by atoms with van der Waals surface area (Å²) < 4.78 is 28.0. The molecule has 104 valence electrons. The molecule has 0 aliphatic heterocycles. The quantitative estimate of drug-likeness (QED) is 0.782. The number of pyridine rings is 1. The van der Waals surface area contributed by atoms with Crippen LogP contribution in [0.15, 0.2) is 28.4 Å². The van der Waals surface area contributed by atoms with E-state index in [0.717, 1.165) is 0 Å². The highest BCUT2D eigenvalue weighted by atomic mass is 32.2. The third-order valence-electron chi connectivity index (χ3n) is 2.87. The van der Waals surface area contributed by atoms with Gasteiger partial charge in [0.25, 0.3) is 0 Å². The Bertz CT molecular complexity index is 677. The van der Waals surface area contributed by atoms with Gasteiger partial charge in [0, 0.05) is 19.3 Å². The summed E-state index contributed by atoms with van der Waals surface area (Å²) in [5.74, 6) is 0. The minimum absolute atomic E-state index is 0.263. The van der Waals surface area contributed by atoms with Crippen LogP contribution in [-0.4, -0.2) is 46.7 Å². The minimum Gasteiger partial charge on any atom is -0.276 e.